The van der Waals surface area contributed by atoms with Crippen molar-refractivity contribution in [3.05, 3.63) is 151 Å². The Labute approximate surface area is 255 Å². The second-order valence-corrected chi connectivity index (χ2v) is 13.2. The van der Waals surface area contributed by atoms with Crippen molar-refractivity contribution in [1.82, 2.24) is 0 Å². The highest BCUT2D eigenvalue weighted by Gasteiger charge is 2.35. The average molecular weight is 568 g/mol. The van der Waals surface area contributed by atoms with Gasteiger partial charge in [-0.3, -0.25) is 0 Å². The average Bonchev–Trinajstić information content (AvgIpc) is 3.55. The molecule has 204 valence electrons. The zero-order valence-electron chi connectivity index (χ0n) is 24.1. The molecule has 0 atom stereocenters. The Morgan fingerprint density at radius 2 is 1.19 bits per heavy atom. The molecule has 0 spiro atoms. The number of hydrogen-bond acceptors (Lipinski definition) is 2. The lowest BCUT2D eigenvalue weighted by atomic mass is 9.82. The van der Waals surface area contributed by atoms with Crippen molar-refractivity contribution in [2.24, 2.45) is 0 Å². The van der Waals surface area contributed by atoms with Gasteiger partial charge in [0.05, 0.1) is 10.4 Å². The number of fused-ring (bicyclic) bond motifs is 10. The van der Waals surface area contributed by atoms with Crippen LogP contribution in [0.15, 0.2) is 140 Å². The molecule has 0 fully saturated rings. The van der Waals surface area contributed by atoms with E-state index in [9.17, 15) is 0 Å². The van der Waals surface area contributed by atoms with Gasteiger partial charge in [-0.25, -0.2) is 0 Å². The van der Waals surface area contributed by atoms with Crippen molar-refractivity contribution in [3.63, 3.8) is 0 Å². The molecule has 1 aliphatic rings. The summed E-state index contributed by atoms with van der Waals surface area (Å²) in [5.74, 6) is 0. The van der Waals surface area contributed by atoms with Crippen molar-refractivity contribution in [1.29, 1.82) is 0 Å². The van der Waals surface area contributed by atoms with E-state index in [4.69, 9.17) is 0 Å². The predicted octanol–water partition coefficient (Wildman–Crippen LogP) is 12.1. The molecule has 1 heterocycles. The lowest BCUT2D eigenvalue weighted by molar-refractivity contribution is 0.660. The number of hydrogen-bond donors (Lipinski definition) is 0. The molecule has 0 radical (unpaired) electrons. The lowest BCUT2D eigenvalue weighted by Crippen LogP contribution is -2.15. The summed E-state index contributed by atoms with van der Waals surface area (Å²) in [4.78, 5) is 2.45. The number of thiophene rings is 1. The van der Waals surface area contributed by atoms with Crippen LogP contribution in [0.25, 0.3) is 52.8 Å². The summed E-state index contributed by atoms with van der Waals surface area (Å²) >= 11 is 1.92. The summed E-state index contributed by atoms with van der Waals surface area (Å²) in [6.45, 7) is 4.69. The molecule has 0 bridgehead atoms. The van der Waals surface area contributed by atoms with Crippen molar-refractivity contribution in [2.75, 3.05) is 4.90 Å². The number of para-hydroxylation sites is 1. The van der Waals surface area contributed by atoms with Gasteiger partial charge in [0, 0.05) is 37.6 Å². The van der Waals surface area contributed by atoms with Gasteiger partial charge in [-0.2, -0.15) is 0 Å². The maximum atomic E-state index is 2.45. The molecule has 1 aromatic heterocycles. The maximum absolute atomic E-state index is 2.45. The zero-order valence-corrected chi connectivity index (χ0v) is 25.0. The van der Waals surface area contributed by atoms with E-state index >= 15 is 0 Å². The van der Waals surface area contributed by atoms with Crippen LogP contribution >= 0.6 is 11.3 Å². The Morgan fingerprint density at radius 1 is 0.488 bits per heavy atom. The van der Waals surface area contributed by atoms with E-state index in [1.165, 1.54) is 75.3 Å². The summed E-state index contributed by atoms with van der Waals surface area (Å²) in [7, 11) is 0. The van der Waals surface area contributed by atoms with E-state index in [2.05, 4.69) is 158 Å². The van der Waals surface area contributed by atoms with Gasteiger partial charge in [0.15, 0.2) is 0 Å². The lowest BCUT2D eigenvalue weighted by Gasteiger charge is -2.27. The van der Waals surface area contributed by atoms with Gasteiger partial charge in [0.1, 0.15) is 0 Å². The van der Waals surface area contributed by atoms with Crippen LogP contribution in [0.2, 0.25) is 0 Å². The van der Waals surface area contributed by atoms with Crippen LogP contribution in [0, 0.1) is 0 Å². The standard InChI is InChI=1S/C41H29NS/c1-41(2)35-17-9-8-15-31(35)34-25-29(22-24-36(34)41)42(28-12-4-3-5-13-28)37-18-10-16-32-33-23-21-27-20-19-26-11-6-7-14-30(26)38(27)40(33)43-39(32)37/h3-25H,1-2H3. The molecule has 0 amide bonds. The molecule has 0 saturated heterocycles. The quantitative estimate of drug-likeness (QED) is 0.192. The SMILES string of the molecule is CC1(C)c2ccccc2-c2cc(N(c3ccccc3)c3cccc4c3sc3c4ccc4ccc5ccccc5c43)ccc21. The van der Waals surface area contributed by atoms with Crippen LogP contribution in [0.3, 0.4) is 0 Å². The molecule has 2 heteroatoms. The highest BCUT2D eigenvalue weighted by atomic mass is 32.1. The molecule has 1 aliphatic carbocycles. The molecule has 0 unspecified atom stereocenters. The first-order chi connectivity index (χ1) is 21.1. The number of nitrogens with zero attached hydrogens (tertiary/aromatic N) is 1. The van der Waals surface area contributed by atoms with E-state index in [1.54, 1.807) is 0 Å². The second kappa shape index (κ2) is 9.04. The summed E-state index contributed by atoms with van der Waals surface area (Å²) in [6.07, 6.45) is 0. The van der Waals surface area contributed by atoms with Gasteiger partial charge < -0.3 is 4.90 Å². The van der Waals surface area contributed by atoms with E-state index in [0.717, 1.165) is 5.69 Å². The van der Waals surface area contributed by atoms with Gasteiger partial charge in [-0.15, -0.1) is 11.3 Å². The van der Waals surface area contributed by atoms with E-state index in [1.807, 2.05) is 11.3 Å². The minimum atomic E-state index is -0.0165. The molecule has 0 aliphatic heterocycles. The highest BCUT2D eigenvalue weighted by Crippen LogP contribution is 2.52. The van der Waals surface area contributed by atoms with Crippen LogP contribution in [0.5, 0.6) is 0 Å². The largest absolute Gasteiger partial charge is 0.309 e. The first-order valence-corrected chi connectivity index (χ1v) is 15.8. The Kier molecular flexibility index (Phi) is 5.18. The molecular weight excluding hydrogens is 539 g/mol. The smallest absolute Gasteiger partial charge is 0.0640 e. The Bertz CT molecular complexity index is 2380. The van der Waals surface area contributed by atoms with Crippen molar-refractivity contribution >= 4 is 70.1 Å². The normalized spacial score (nSPS) is 13.5. The fourth-order valence-electron chi connectivity index (χ4n) is 7.36. The first-order valence-electron chi connectivity index (χ1n) is 14.9. The predicted molar refractivity (Wildman–Crippen MR) is 187 cm³/mol. The van der Waals surface area contributed by atoms with Crippen LogP contribution in [0.1, 0.15) is 25.0 Å². The van der Waals surface area contributed by atoms with Gasteiger partial charge in [0.2, 0.25) is 0 Å². The summed E-state index contributed by atoms with van der Waals surface area (Å²) in [5, 5.41) is 7.87. The number of rotatable bonds is 3. The molecule has 0 N–H and O–H groups in total. The van der Waals surface area contributed by atoms with Gasteiger partial charge in [-0.05, 0) is 68.7 Å². The Hall–Kier alpha value is -4.92. The number of anilines is 3. The van der Waals surface area contributed by atoms with Crippen molar-refractivity contribution in [3.8, 4) is 11.1 Å². The third-order valence-corrected chi connectivity index (χ3v) is 10.7. The Morgan fingerprint density at radius 3 is 2.09 bits per heavy atom. The van der Waals surface area contributed by atoms with Crippen molar-refractivity contribution in [2.45, 2.75) is 19.3 Å². The molecule has 43 heavy (non-hydrogen) atoms. The third-order valence-electron chi connectivity index (χ3n) is 9.43. The summed E-state index contributed by atoms with van der Waals surface area (Å²) in [5.41, 5.74) is 9.01. The topological polar surface area (TPSA) is 3.24 Å². The molecular formula is C41H29NS. The molecule has 1 nitrogen and oxygen atoms in total. The van der Waals surface area contributed by atoms with Gasteiger partial charge in [0.25, 0.3) is 0 Å². The van der Waals surface area contributed by atoms with E-state index < -0.39 is 0 Å². The minimum absolute atomic E-state index is 0.0165. The summed E-state index contributed by atoms with van der Waals surface area (Å²) < 4.78 is 2.66. The minimum Gasteiger partial charge on any atom is -0.309 e. The Balaban J connectivity index is 1.33. The number of benzene rings is 7. The zero-order chi connectivity index (χ0) is 28.7. The highest BCUT2D eigenvalue weighted by molar-refractivity contribution is 7.27. The van der Waals surface area contributed by atoms with Gasteiger partial charge >= 0.3 is 0 Å². The van der Waals surface area contributed by atoms with Crippen LogP contribution in [0.4, 0.5) is 17.1 Å². The van der Waals surface area contributed by atoms with E-state index in [0.29, 0.717) is 0 Å². The van der Waals surface area contributed by atoms with Gasteiger partial charge in [-0.1, -0.05) is 123 Å². The summed E-state index contributed by atoms with van der Waals surface area (Å²) in [6, 6.07) is 51.5. The van der Waals surface area contributed by atoms with Crippen molar-refractivity contribution < 1.29 is 0 Å². The molecule has 8 aromatic rings. The van der Waals surface area contributed by atoms with Crippen LogP contribution in [-0.2, 0) is 5.41 Å². The maximum Gasteiger partial charge on any atom is 0.0640 e. The van der Waals surface area contributed by atoms with Crippen LogP contribution in [-0.4, -0.2) is 0 Å². The second-order valence-electron chi connectivity index (χ2n) is 12.2. The van der Waals surface area contributed by atoms with E-state index in [-0.39, 0.29) is 5.41 Å². The molecule has 0 saturated carbocycles. The fourth-order valence-corrected chi connectivity index (χ4v) is 8.73. The first kappa shape index (κ1) is 24.7. The monoisotopic (exact) mass is 567 g/mol. The molecule has 7 aromatic carbocycles. The fraction of sp³-hybridized carbons (Fsp3) is 0.0732. The third kappa shape index (κ3) is 3.51. The van der Waals surface area contributed by atoms with Crippen LogP contribution < -0.4 is 4.90 Å². The molecule has 9 rings (SSSR count).